The third kappa shape index (κ3) is 1.88. The van der Waals surface area contributed by atoms with Crippen LogP contribution in [0.15, 0.2) is 21.9 Å². The largest absolute Gasteiger partial charge is 0.394 e. The van der Waals surface area contributed by atoms with Crippen molar-refractivity contribution in [1.82, 2.24) is 9.55 Å². The lowest BCUT2D eigenvalue weighted by Gasteiger charge is -2.24. The van der Waals surface area contributed by atoms with Crippen LogP contribution in [0.4, 0.5) is 4.39 Å². The second-order valence-corrected chi connectivity index (χ2v) is 4.32. The molecule has 0 aliphatic carbocycles. The molecular weight excluding hydrogens is 247 g/mol. The molecule has 2 unspecified atom stereocenters. The summed E-state index contributed by atoms with van der Waals surface area (Å²) in [6.07, 6.45) is -3.01. The zero-order chi connectivity index (χ0) is 13.5. The molecule has 18 heavy (non-hydrogen) atoms. The average molecular weight is 260 g/mol. The van der Waals surface area contributed by atoms with Gasteiger partial charge >= 0.3 is 5.69 Å². The van der Waals surface area contributed by atoms with Crippen LogP contribution < -0.4 is 11.2 Å². The molecule has 0 saturated carbocycles. The van der Waals surface area contributed by atoms with E-state index in [1.165, 1.54) is 0 Å². The Balaban J connectivity index is 2.45. The van der Waals surface area contributed by atoms with E-state index in [0.717, 1.165) is 23.8 Å². The van der Waals surface area contributed by atoms with E-state index in [1.807, 2.05) is 4.98 Å². The molecule has 1 aliphatic rings. The molecule has 0 aromatic carbocycles. The van der Waals surface area contributed by atoms with Crippen LogP contribution in [0.25, 0.3) is 0 Å². The molecular formula is C10H13FN2O5. The van der Waals surface area contributed by atoms with E-state index < -0.39 is 42.0 Å². The maximum absolute atomic E-state index is 14.3. The summed E-state index contributed by atoms with van der Waals surface area (Å²) >= 11 is 0. The summed E-state index contributed by atoms with van der Waals surface area (Å²) in [5, 5.41) is 18.6. The van der Waals surface area contributed by atoms with E-state index in [-0.39, 0.29) is 0 Å². The van der Waals surface area contributed by atoms with Gasteiger partial charge in [0.1, 0.15) is 12.2 Å². The van der Waals surface area contributed by atoms with Crippen molar-refractivity contribution < 1.29 is 19.3 Å². The molecule has 100 valence electrons. The molecule has 8 heteroatoms. The van der Waals surface area contributed by atoms with Crippen molar-refractivity contribution in [1.29, 1.82) is 0 Å². The van der Waals surface area contributed by atoms with Gasteiger partial charge < -0.3 is 14.9 Å². The maximum atomic E-state index is 14.3. The van der Waals surface area contributed by atoms with Crippen molar-refractivity contribution in [2.24, 2.45) is 0 Å². The monoisotopic (exact) mass is 260 g/mol. The third-order valence-electron chi connectivity index (χ3n) is 3.00. The van der Waals surface area contributed by atoms with Gasteiger partial charge in [0.05, 0.1) is 6.61 Å². The standard InChI is InChI=1S/C10H13FN2O5/c1-10(11)7(16)5(4-14)18-8(10)13-3-2-6(15)12-9(13)17/h2-3,5,7-8,14,16H,4H2,1H3,(H,12,15,17)/t5?,7-,8+,10?/m0/s1. The number of hydrogen-bond acceptors (Lipinski definition) is 5. The molecule has 2 heterocycles. The summed E-state index contributed by atoms with van der Waals surface area (Å²) in [4.78, 5) is 24.4. The first kappa shape index (κ1) is 12.9. The lowest BCUT2D eigenvalue weighted by molar-refractivity contribution is -0.0611. The SMILES string of the molecule is CC1(F)[C@@H](O)C(CO)O[C@H]1n1ccc(=O)[nH]c1=O. The van der Waals surface area contributed by atoms with E-state index in [9.17, 15) is 19.1 Å². The fraction of sp³-hybridized carbons (Fsp3) is 0.600. The molecule has 1 aliphatic heterocycles. The number of H-pyrrole nitrogens is 1. The van der Waals surface area contributed by atoms with E-state index in [2.05, 4.69) is 0 Å². The maximum Gasteiger partial charge on any atom is 0.330 e. The Bertz CT molecular complexity index is 552. The Hall–Kier alpha value is -1.51. The van der Waals surface area contributed by atoms with Crippen LogP contribution in [0.5, 0.6) is 0 Å². The molecule has 1 fully saturated rings. The minimum absolute atomic E-state index is 0.574. The van der Waals surface area contributed by atoms with Gasteiger partial charge in [0.25, 0.3) is 5.56 Å². The van der Waals surface area contributed by atoms with E-state index in [1.54, 1.807) is 0 Å². The molecule has 0 spiro atoms. The fourth-order valence-electron chi connectivity index (χ4n) is 1.97. The van der Waals surface area contributed by atoms with Gasteiger partial charge in [-0.05, 0) is 6.92 Å². The third-order valence-corrected chi connectivity index (χ3v) is 3.00. The highest BCUT2D eigenvalue weighted by Crippen LogP contribution is 2.40. The Morgan fingerprint density at radius 1 is 1.61 bits per heavy atom. The minimum Gasteiger partial charge on any atom is -0.394 e. The quantitative estimate of drug-likeness (QED) is 0.601. The van der Waals surface area contributed by atoms with Crippen LogP contribution in [0.3, 0.4) is 0 Å². The second kappa shape index (κ2) is 4.30. The number of halogens is 1. The highest BCUT2D eigenvalue weighted by molar-refractivity contribution is 5.01. The van der Waals surface area contributed by atoms with E-state index in [4.69, 9.17) is 9.84 Å². The van der Waals surface area contributed by atoms with Crippen molar-refractivity contribution >= 4 is 0 Å². The number of nitrogens with zero attached hydrogens (tertiary/aromatic N) is 1. The number of ether oxygens (including phenoxy) is 1. The normalized spacial score (nSPS) is 35.9. The van der Waals surface area contributed by atoms with Gasteiger partial charge in [-0.2, -0.15) is 0 Å². The first-order chi connectivity index (χ1) is 8.37. The lowest BCUT2D eigenvalue weighted by Crippen LogP contribution is -2.43. The first-order valence-electron chi connectivity index (χ1n) is 5.32. The van der Waals surface area contributed by atoms with Gasteiger partial charge in [-0.25, -0.2) is 9.18 Å². The zero-order valence-corrected chi connectivity index (χ0v) is 9.54. The fourth-order valence-corrected chi connectivity index (χ4v) is 1.97. The highest BCUT2D eigenvalue weighted by atomic mass is 19.1. The number of alkyl halides is 1. The molecule has 0 radical (unpaired) electrons. The Labute approximate surface area is 100 Å². The molecule has 0 amide bonds. The summed E-state index contributed by atoms with van der Waals surface area (Å²) in [7, 11) is 0. The summed E-state index contributed by atoms with van der Waals surface area (Å²) in [5.41, 5.74) is -3.72. The van der Waals surface area contributed by atoms with Crippen molar-refractivity contribution in [3.8, 4) is 0 Å². The van der Waals surface area contributed by atoms with Crippen LogP contribution in [-0.4, -0.2) is 44.2 Å². The topological polar surface area (TPSA) is 105 Å². The number of aromatic amines is 1. The first-order valence-corrected chi connectivity index (χ1v) is 5.32. The summed E-state index contributed by atoms with van der Waals surface area (Å²) < 4.78 is 20.3. The van der Waals surface area contributed by atoms with Crippen LogP contribution in [0.2, 0.25) is 0 Å². The van der Waals surface area contributed by atoms with Crippen LogP contribution in [0.1, 0.15) is 13.2 Å². The molecule has 2 rings (SSSR count). The van der Waals surface area contributed by atoms with Crippen LogP contribution in [-0.2, 0) is 4.74 Å². The smallest absolute Gasteiger partial charge is 0.330 e. The average Bonchev–Trinajstić information content (AvgIpc) is 2.52. The van der Waals surface area contributed by atoms with Crippen molar-refractivity contribution in [2.75, 3.05) is 6.61 Å². The van der Waals surface area contributed by atoms with Crippen molar-refractivity contribution in [3.05, 3.63) is 33.1 Å². The number of rotatable bonds is 2. The molecule has 1 aromatic heterocycles. The Kier molecular flexibility index (Phi) is 3.09. The second-order valence-electron chi connectivity index (χ2n) is 4.32. The molecule has 1 saturated heterocycles. The minimum atomic E-state index is -2.25. The van der Waals surface area contributed by atoms with E-state index >= 15 is 0 Å². The van der Waals surface area contributed by atoms with Gasteiger partial charge in [0.15, 0.2) is 11.9 Å². The van der Waals surface area contributed by atoms with Crippen molar-refractivity contribution in [2.45, 2.75) is 31.0 Å². The lowest BCUT2D eigenvalue weighted by atomic mass is 9.98. The summed E-state index contributed by atoms with van der Waals surface area (Å²) in [6.45, 7) is 0.491. The number of aromatic nitrogens is 2. The number of aliphatic hydroxyl groups is 2. The van der Waals surface area contributed by atoms with Crippen LogP contribution in [0, 0.1) is 0 Å². The Morgan fingerprint density at radius 3 is 2.78 bits per heavy atom. The van der Waals surface area contributed by atoms with E-state index in [0.29, 0.717) is 0 Å². The number of nitrogens with one attached hydrogen (secondary N) is 1. The van der Waals surface area contributed by atoms with Crippen molar-refractivity contribution in [3.63, 3.8) is 0 Å². The Morgan fingerprint density at radius 2 is 2.28 bits per heavy atom. The molecule has 7 nitrogen and oxygen atoms in total. The number of hydrogen-bond donors (Lipinski definition) is 3. The van der Waals surface area contributed by atoms with Gasteiger partial charge in [-0.1, -0.05) is 0 Å². The number of aliphatic hydroxyl groups excluding tert-OH is 2. The summed E-state index contributed by atoms with van der Waals surface area (Å²) in [5.74, 6) is 0. The highest BCUT2D eigenvalue weighted by Gasteiger charge is 2.54. The van der Waals surface area contributed by atoms with Gasteiger partial charge in [0, 0.05) is 12.3 Å². The summed E-state index contributed by atoms with van der Waals surface area (Å²) in [6, 6.07) is 1.04. The van der Waals surface area contributed by atoms with Crippen LogP contribution >= 0.6 is 0 Å². The van der Waals surface area contributed by atoms with Gasteiger partial charge in [0.2, 0.25) is 0 Å². The van der Waals surface area contributed by atoms with Gasteiger partial charge in [-0.15, -0.1) is 0 Å². The predicted octanol–water partition coefficient (Wildman–Crippen LogP) is -1.48. The predicted molar refractivity (Wildman–Crippen MR) is 57.8 cm³/mol. The zero-order valence-electron chi connectivity index (χ0n) is 9.54. The molecule has 4 atom stereocenters. The molecule has 0 bridgehead atoms. The molecule has 3 N–H and O–H groups in total. The van der Waals surface area contributed by atoms with Gasteiger partial charge in [-0.3, -0.25) is 14.3 Å². The molecule has 1 aromatic rings.